The quantitative estimate of drug-likeness (QED) is 0.489. The minimum absolute atomic E-state index is 0.0673. The molecule has 4 rings (SSSR count). The molecule has 180 valence electrons. The van der Waals surface area contributed by atoms with E-state index in [1.54, 1.807) is 4.90 Å². The van der Waals surface area contributed by atoms with Crippen LogP contribution in [0.4, 0.5) is 5.69 Å². The SMILES string of the molecule is Cc1ccc(C)c(N2C(=O)CSc3c(c4ccccc4n3C)[C@H]2C(=O)NCCCOC(C)C)c1. The third kappa shape index (κ3) is 4.72. The van der Waals surface area contributed by atoms with Crippen LogP contribution < -0.4 is 10.2 Å². The number of benzene rings is 2. The fourth-order valence-electron chi connectivity index (χ4n) is 4.51. The van der Waals surface area contributed by atoms with Gasteiger partial charge in [0.2, 0.25) is 11.8 Å². The number of carbonyl (C=O) groups is 2. The van der Waals surface area contributed by atoms with Crippen LogP contribution in [-0.4, -0.2) is 41.4 Å². The molecule has 2 amide bonds. The maximum Gasteiger partial charge on any atom is 0.247 e. The summed E-state index contributed by atoms with van der Waals surface area (Å²) in [6.07, 6.45) is 0.871. The van der Waals surface area contributed by atoms with E-state index < -0.39 is 6.04 Å². The highest BCUT2D eigenvalue weighted by Crippen LogP contribution is 2.44. The zero-order valence-electron chi connectivity index (χ0n) is 20.6. The Bertz CT molecular complexity index is 1220. The maximum absolute atomic E-state index is 13.8. The van der Waals surface area contributed by atoms with Crippen molar-refractivity contribution in [3.8, 4) is 0 Å². The smallest absolute Gasteiger partial charge is 0.247 e. The number of nitrogens with zero attached hydrogens (tertiary/aromatic N) is 2. The zero-order chi connectivity index (χ0) is 24.4. The summed E-state index contributed by atoms with van der Waals surface area (Å²) in [5, 5.41) is 5.06. The number of para-hydroxylation sites is 1. The van der Waals surface area contributed by atoms with Gasteiger partial charge in [-0.1, -0.05) is 42.1 Å². The molecular formula is C27H33N3O3S. The lowest BCUT2D eigenvalue weighted by atomic mass is 10.0. The largest absolute Gasteiger partial charge is 0.379 e. The van der Waals surface area contributed by atoms with Crippen LogP contribution in [0.2, 0.25) is 0 Å². The number of aryl methyl sites for hydroxylation is 3. The molecule has 7 heteroatoms. The molecule has 6 nitrogen and oxygen atoms in total. The first kappa shape index (κ1) is 24.4. The number of ether oxygens (including phenoxy) is 1. The average Bonchev–Trinajstić information content (AvgIpc) is 2.98. The first-order valence-corrected chi connectivity index (χ1v) is 12.8. The Labute approximate surface area is 205 Å². The second kappa shape index (κ2) is 10.2. The van der Waals surface area contributed by atoms with Gasteiger partial charge in [-0.15, -0.1) is 0 Å². The summed E-state index contributed by atoms with van der Waals surface area (Å²) >= 11 is 1.51. The van der Waals surface area contributed by atoms with Crippen LogP contribution in [0.25, 0.3) is 10.9 Å². The number of amides is 2. The third-order valence-corrected chi connectivity index (χ3v) is 7.33. The lowest BCUT2D eigenvalue weighted by Gasteiger charge is -2.31. The van der Waals surface area contributed by atoms with Crippen molar-refractivity contribution in [1.29, 1.82) is 0 Å². The third-order valence-electron chi connectivity index (χ3n) is 6.17. The van der Waals surface area contributed by atoms with E-state index >= 15 is 0 Å². The fourth-order valence-corrected chi connectivity index (χ4v) is 5.58. The van der Waals surface area contributed by atoms with Crippen molar-refractivity contribution in [3.63, 3.8) is 0 Å². The van der Waals surface area contributed by atoms with E-state index in [1.807, 2.05) is 71.1 Å². The van der Waals surface area contributed by atoms with Gasteiger partial charge < -0.3 is 14.6 Å². The number of thioether (sulfide) groups is 1. The lowest BCUT2D eigenvalue weighted by molar-refractivity contribution is -0.125. The first-order chi connectivity index (χ1) is 16.3. The number of aromatic nitrogens is 1. The Kier molecular flexibility index (Phi) is 7.33. The number of anilines is 1. The van der Waals surface area contributed by atoms with E-state index in [2.05, 4.69) is 16.0 Å². The van der Waals surface area contributed by atoms with Crippen molar-refractivity contribution >= 4 is 40.2 Å². The van der Waals surface area contributed by atoms with E-state index in [9.17, 15) is 9.59 Å². The molecule has 0 saturated heterocycles. The molecular weight excluding hydrogens is 446 g/mol. The van der Waals surface area contributed by atoms with Gasteiger partial charge in [0.1, 0.15) is 6.04 Å². The summed E-state index contributed by atoms with van der Waals surface area (Å²) < 4.78 is 7.72. The highest BCUT2D eigenvalue weighted by Gasteiger charge is 2.40. The topological polar surface area (TPSA) is 63.6 Å². The zero-order valence-corrected chi connectivity index (χ0v) is 21.4. The predicted octanol–water partition coefficient (Wildman–Crippen LogP) is 4.91. The molecule has 0 radical (unpaired) electrons. The molecule has 0 fully saturated rings. The molecule has 0 aliphatic carbocycles. The van der Waals surface area contributed by atoms with Crippen LogP contribution in [0.5, 0.6) is 0 Å². The fraction of sp³-hybridized carbons (Fsp3) is 0.407. The van der Waals surface area contributed by atoms with Gasteiger partial charge in [0.25, 0.3) is 0 Å². The number of hydrogen-bond donors (Lipinski definition) is 1. The van der Waals surface area contributed by atoms with Crippen molar-refractivity contribution in [3.05, 3.63) is 59.2 Å². The second-order valence-electron chi connectivity index (χ2n) is 9.10. The summed E-state index contributed by atoms with van der Waals surface area (Å²) in [5.41, 5.74) is 4.75. The standard InChI is InChI=1S/C27H33N3O3S/c1-17(2)33-14-8-13-28-26(32)25-24-20-9-6-7-10-21(20)29(5)27(24)34-16-23(31)30(25)22-15-18(3)11-12-19(22)4/h6-7,9-12,15,17,25H,8,13-14,16H2,1-5H3,(H,28,32)/t25-/m0/s1. The van der Waals surface area contributed by atoms with E-state index in [0.29, 0.717) is 19.6 Å². The molecule has 3 aromatic rings. The van der Waals surface area contributed by atoms with Gasteiger partial charge in [0, 0.05) is 42.4 Å². The molecule has 1 aromatic heterocycles. The van der Waals surface area contributed by atoms with Crippen molar-refractivity contribution in [1.82, 2.24) is 9.88 Å². The van der Waals surface area contributed by atoms with Crippen molar-refractivity contribution in [2.24, 2.45) is 7.05 Å². The number of hydrogen-bond acceptors (Lipinski definition) is 4. The monoisotopic (exact) mass is 479 g/mol. The van der Waals surface area contributed by atoms with Gasteiger partial charge in [-0.05, 0) is 57.4 Å². The molecule has 0 spiro atoms. The van der Waals surface area contributed by atoms with Crippen LogP contribution in [-0.2, 0) is 21.4 Å². The molecule has 1 aliphatic heterocycles. The van der Waals surface area contributed by atoms with Crippen molar-refractivity contribution < 1.29 is 14.3 Å². The van der Waals surface area contributed by atoms with Crippen LogP contribution in [0.15, 0.2) is 47.5 Å². The lowest BCUT2D eigenvalue weighted by Crippen LogP contribution is -2.44. The second-order valence-corrected chi connectivity index (χ2v) is 10.1. The summed E-state index contributed by atoms with van der Waals surface area (Å²) in [7, 11) is 2.00. The molecule has 2 aromatic carbocycles. The van der Waals surface area contributed by atoms with E-state index in [4.69, 9.17) is 4.74 Å². The van der Waals surface area contributed by atoms with Crippen molar-refractivity contribution in [2.45, 2.75) is 51.3 Å². The Morgan fingerprint density at radius 3 is 2.74 bits per heavy atom. The van der Waals surface area contributed by atoms with Crippen LogP contribution in [0.1, 0.15) is 43.0 Å². The summed E-state index contributed by atoms with van der Waals surface area (Å²) in [6, 6.07) is 13.4. The minimum Gasteiger partial charge on any atom is -0.379 e. The number of fused-ring (bicyclic) bond motifs is 3. The van der Waals surface area contributed by atoms with E-state index in [0.717, 1.165) is 38.3 Å². The van der Waals surface area contributed by atoms with Crippen LogP contribution in [0, 0.1) is 13.8 Å². The molecule has 1 aliphatic rings. The van der Waals surface area contributed by atoms with Crippen molar-refractivity contribution in [2.75, 3.05) is 23.8 Å². The van der Waals surface area contributed by atoms with E-state index in [-0.39, 0.29) is 23.7 Å². The predicted molar refractivity (Wildman–Crippen MR) is 139 cm³/mol. The van der Waals surface area contributed by atoms with Gasteiger partial charge in [-0.25, -0.2) is 0 Å². The Morgan fingerprint density at radius 1 is 1.21 bits per heavy atom. The first-order valence-electron chi connectivity index (χ1n) is 11.8. The summed E-state index contributed by atoms with van der Waals surface area (Å²) in [6.45, 7) is 9.06. The molecule has 2 heterocycles. The van der Waals surface area contributed by atoms with Gasteiger partial charge in [-0.3, -0.25) is 14.5 Å². The number of carbonyl (C=O) groups excluding carboxylic acids is 2. The van der Waals surface area contributed by atoms with Gasteiger partial charge in [-0.2, -0.15) is 0 Å². The molecule has 1 N–H and O–H groups in total. The highest BCUT2D eigenvalue weighted by molar-refractivity contribution is 8.00. The van der Waals surface area contributed by atoms with Crippen LogP contribution >= 0.6 is 11.8 Å². The number of rotatable bonds is 7. The molecule has 0 saturated carbocycles. The average molecular weight is 480 g/mol. The summed E-state index contributed by atoms with van der Waals surface area (Å²) in [5.74, 6) is 0.0393. The van der Waals surface area contributed by atoms with Crippen LogP contribution in [0.3, 0.4) is 0 Å². The van der Waals surface area contributed by atoms with Gasteiger partial charge >= 0.3 is 0 Å². The molecule has 0 bridgehead atoms. The Balaban J connectivity index is 1.80. The molecule has 1 atom stereocenters. The summed E-state index contributed by atoms with van der Waals surface area (Å²) in [4.78, 5) is 29.1. The minimum atomic E-state index is -0.755. The number of nitrogens with one attached hydrogen (secondary N) is 1. The Morgan fingerprint density at radius 2 is 1.97 bits per heavy atom. The maximum atomic E-state index is 13.8. The molecule has 34 heavy (non-hydrogen) atoms. The molecule has 0 unspecified atom stereocenters. The van der Waals surface area contributed by atoms with E-state index in [1.165, 1.54) is 11.8 Å². The highest BCUT2D eigenvalue weighted by atomic mass is 32.2. The van der Waals surface area contributed by atoms with Gasteiger partial charge in [0.05, 0.1) is 16.9 Å². The normalized spacial score (nSPS) is 16.1. The Hall–Kier alpha value is -2.77. The van der Waals surface area contributed by atoms with Gasteiger partial charge in [0.15, 0.2) is 0 Å².